The number of nitrogens with one attached hydrogen (secondary N) is 1. The van der Waals surface area contributed by atoms with Crippen LogP contribution in [0.3, 0.4) is 0 Å². The number of esters is 1. The van der Waals surface area contributed by atoms with Crippen molar-refractivity contribution in [2.75, 3.05) is 11.9 Å². The monoisotopic (exact) mass is 385 g/mol. The molecule has 0 unspecified atom stereocenters. The van der Waals surface area contributed by atoms with E-state index in [2.05, 4.69) is 5.32 Å². The minimum Gasteiger partial charge on any atom is -0.455 e. The predicted molar refractivity (Wildman–Crippen MR) is 107 cm³/mol. The molecular weight excluding hydrogens is 362 g/mol. The lowest BCUT2D eigenvalue weighted by molar-refractivity contribution is -0.153. The van der Waals surface area contributed by atoms with Crippen molar-refractivity contribution in [3.05, 3.63) is 64.2 Å². The molecule has 0 saturated heterocycles. The summed E-state index contributed by atoms with van der Waals surface area (Å²) in [5.74, 6) is -0.671. The first kappa shape index (κ1) is 19.4. The van der Waals surface area contributed by atoms with Crippen LogP contribution in [0.2, 0.25) is 5.02 Å². The molecule has 5 heteroatoms. The molecule has 3 rings (SSSR count). The molecule has 0 aromatic heterocycles. The van der Waals surface area contributed by atoms with Crippen molar-refractivity contribution in [3.8, 4) is 0 Å². The third-order valence-corrected chi connectivity index (χ3v) is 5.34. The maximum absolute atomic E-state index is 12.9. The number of anilines is 1. The first-order chi connectivity index (χ1) is 12.9. The summed E-state index contributed by atoms with van der Waals surface area (Å²) in [6, 6.07) is 13.1. The standard InChI is InChI=1S/C22H24ClNO3/c1-15-11-16(2)13-19(12-15)24-20(25)14-27-21(26)22(9-3-4-10-22)17-5-7-18(23)8-6-17/h5-8,11-13H,3-4,9-10,14H2,1-2H3,(H,24,25). The molecule has 2 aromatic rings. The van der Waals surface area contributed by atoms with E-state index in [0.717, 1.165) is 42.4 Å². The van der Waals surface area contributed by atoms with Crippen LogP contribution < -0.4 is 5.32 Å². The van der Waals surface area contributed by atoms with E-state index >= 15 is 0 Å². The number of halogens is 1. The molecule has 0 aliphatic heterocycles. The van der Waals surface area contributed by atoms with Gasteiger partial charge in [0.2, 0.25) is 0 Å². The number of ether oxygens (including phenoxy) is 1. The second kappa shape index (κ2) is 8.13. The molecule has 0 bridgehead atoms. The van der Waals surface area contributed by atoms with Crippen molar-refractivity contribution >= 4 is 29.2 Å². The van der Waals surface area contributed by atoms with Gasteiger partial charge in [-0.15, -0.1) is 0 Å². The van der Waals surface area contributed by atoms with Gasteiger partial charge in [-0.3, -0.25) is 9.59 Å². The molecule has 0 spiro atoms. The largest absolute Gasteiger partial charge is 0.455 e. The molecule has 1 fully saturated rings. The third kappa shape index (κ3) is 4.51. The minimum atomic E-state index is -0.676. The van der Waals surface area contributed by atoms with Gasteiger partial charge in [0.1, 0.15) is 0 Å². The summed E-state index contributed by atoms with van der Waals surface area (Å²) in [5, 5.41) is 3.43. The van der Waals surface area contributed by atoms with Gasteiger partial charge in [0, 0.05) is 10.7 Å². The highest BCUT2D eigenvalue weighted by Gasteiger charge is 2.44. The Labute approximate surface area is 164 Å². The molecule has 0 heterocycles. The van der Waals surface area contributed by atoms with Crippen LogP contribution in [0.5, 0.6) is 0 Å². The van der Waals surface area contributed by atoms with Gasteiger partial charge < -0.3 is 10.1 Å². The van der Waals surface area contributed by atoms with Crippen LogP contribution in [0.1, 0.15) is 42.4 Å². The highest BCUT2D eigenvalue weighted by molar-refractivity contribution is 6.30. The van der Waals surface area contributed by atoms with Gasteiger partial charge >= 0.3 is 5.97 Å². The Kier molecular flexibility index (Phi) is 5.85. The predicted octanol–water partition coefficient (Wildman–Crippen LogP) is 4.95. The lowest BCUT2D eigenvalue weighted by atomic mass is 9.79. The number of amides is 1. The first-order valence-electron chi connectivity index (χ1n) is 9.20. The Hall–Kier alpha value is -2.33. The minimum absolute atomic E-state index is 0.291. The van der Waals surface area contributed by atoms with Crippen molar-refractivity contribution in [2.24, 2.45) is 0 Å². The maximum atomic E-state index is 12.9. The number of rotatable bonds is 5. The van der Waals surface area contributed by atoms with E-state index in [1.807, 2.05) is 44.2 Å². The topological polar surface area (TPSA) is 55.4 Å². The first-order valence-corrected chi connectivity index (χ1v) is 9.58. The second-order valence-corrected chi connectivity index (χ2v) is 7.73. The highest BCUT2D eigenvalue weighted by Crippen LogP contribution is 2.42. The van der Waals surface area contributed by atoms with Gasteiger partial charge in [-0.2, -0.15) is 0 Å². The lowest BCUT2D eigenvalue weighted by Crippen LogP contribution is -2.36. The number of carbonyl (C=O) groups excluding carboxylic acids is 2. The molecule has 1 aliphatic carbocycles. The van der Waals surface area contributed by atoms with E-state index in [1.54, 1.807) is 12.1 Å². The van der Waals surface area contributed by atoms with Crippen LogP contribution in [0.25, 0.3) is 0 Å². The summed E-state index contributed by atoms with van der Waals surface area (Å²) < 4.78 is 5.42. The van der Waals surface area contributed by atoms with Crippen LogP contribution in [0, 0.1) is 13.8 Å². The van der Waals surface area contributed by atoms with Crippen molar-refractivity contribution in [2.45, 2.75) is 44.9 Å². The average molecular weight is 386 g/mol. The second-order valence-electron chi connectivity index (χ2n) is 7.30. The molecule has 1 saturated carbocycles. The number of hydrogen-bond acceptors (Lipinski definition) is 3. The van der Waals surface area contributed by atoms with Crippen LogP contribution in [-0.4, -0.2) is 18.5 Å². The van der Waals surface area contributed by atoms with E-state index in [1.165, 1.54) is 0 Å². The maximum Gasteiger partial charge on any atom is 0.317 e. The van der Waals surface area contributed by atoms with Gasteiger partial charge in [-0.25, -0.2) is 0 Å². The fourth-order valence-electron chi connectivity index (χ4n) is 3.87. The summed E-state index contributed by atoms with van der Waals surface area (Å²) in [4.78, 5) is 25.1. The zero-order chi connectivity index (χ0) is 19.4. The fraction of sp³-hybridized carbons (Fsp3) is 0.364. The Balaban J connectivity index is 1.66. The van der Waals surface area contributed by atoms with Gasteiger partial charge in [0.05, 0.1) is 5.41 Å². The Morgan fingerprint density at radius 2 is 1.63 bits per heavy atom. The number of carbonyl (C=O) groups is 2. The molecule has 1 N–H and O–H groups in total. The van der Waals surface area contributed by atoms with Crippen molar-refractivity contribution in [3.63, 3.8) is 0 Å². The van der Waals surface area contributed by atoms with Crippen LogP contribution in [0.15, 0.2) is 42.5 Å². The van der Waals surface area contributed by atoms with Crippen LogP contribution in [0.4, 0.5) is 5.69 Å². The molecule has 0 atom stereocenters. The summed E-state index contributed by atoms with van der Waals surface area (Å²) >= 11 is 5.98. The Morgan fingerprint density at radius 3 is 2.22 bits per heavy atom. The third-order valence-electron chi connectivity index (χ3n) is 5.08. The van der Waals surface area contributed by atoms with E-state index < -0.39 is 5.41 Å². The molecule has 1 amide bonds. The van der Waals surface area contributed by atoms with Gasteiger partial charge in [-0.1, -0.05) is 42.6 Å². The summed E-state index contributed by atoms with van der Waals surface area (Å²) in [6.45, 7) is 3.65. The number of benzene rings is 2. The Bertz CT molecular complexity index is 819. The smallest absolute Gasteiger partial charge is 0.317 e. The van der Waals surface area contributed by atoms with Crippen molar-refractivity contribution < 1.29 is 14.3 Å². The SMILES string of the molecule is Cc1cc(C)cc(NC(=O)COC(=O)C2(c3ccc(Cl)cc3)CCCC2)c1. The highest BCUT2D eigenvalue weighted by atomic mass is 35.5. The molecule has 2 aromatic carbocycles. The van der Waals surface area contributed by atoms with E-state index in [-0.39, 0.29) is 18.5 Å². The van der Waals surface area contributed by atoms with Gasteiger partial charge in [0.15, 0.2) is 6.61 Å². The zero-order valence-corrected chi connectivity index (χ0v) is 16.4. The quantitative estimate of drug-likeness (QED) is 0.741. The lowest BCUT2D eigenvalue weighted by Gasteiger charge is -2.27. The van der Waals surface area contributed by atoms with Crippen molar-refractivity contribution in [1.29, 1.82) is 0 Å². The fourth-order valence-corrected chi connectivity index (χ4v) is 4.00. The van der Waals surface area contributed by atoms with Gasteiger partial charge in [0.25, 0.3) is 5.91 Å². The van der Waals surface area contributed by atoms with Crippen LogP contribution in [-0.2, 0) is 19.7 Å². The number of hydrogen-bond donors (Lipinski definition) is 1. The molecule has 27 heavy (non-hydrogen) atoms. The van der Waals surface area contributed by atoms with E-state index in [0.29, 0.717) is 10.7 Å². The van der Waals surface area contributed by atoms with Crippen LogP contribution >= 0.6 is 11.6 Å². The van der Waals surface area contributed by atoms with E-state index in [4.69, 9.17) is 16.3 Å². The summed E-state index contributed by atoms with van der Waals surface area (Å²) in [5.41, 5.74) is 3.07. The zero-order valence-electron chi connectivity index (χ0n) is 15.7. The Morgan fingerprint density at radius 1 is 1.04 bits per heavy atom. The number of aryl methyl sites for hydroxylation is 2. The molecule has 1 aliphatic rings. The normalized spacial score (nSPS) is 15.4. The molecular formula is C22H24ClNO3. The molecule has 142 valence electrons. The van der Waals surface area contributed by atoms with E-state index in [9.17, 15) is 9.59 Å². The average Bonchev–Trinajstić information content (AvgIpc) is 3.10. The molecule has 0 radical (unpaired) electrons. The van der Waals surface area contributed by atoms with Gasteiger partial charge in [-0.05, 0) is 67.6 Å². The summed E-state index contributed by atoms with van der Waals surface area (Å²) in [7, 11) is 0. The van der Waals surface area contributed by atoms with Crippen molar-refractivity contribution in [1.82, 2.24) is 0 Å². The molecule has 4 nitrogen and oxygen atoms in total. The summed E-state index contributed by atoms with van der Waals surface area (Å²) in [6.07, 6.45) is 3.39.